The first-order valence-corrected chi connectivity index (χ1v) is 6.87. The number of methoxy groups -OCH3 is 1. The van der Waals surface area contributed by atoms with Gasteiger partial charge in [-0.1, -0.05) is 29.3 Å². The summed E-state index contributed by atoms with van der Waals surface area (Å²) in [6.07, 6.45) is -0.756. The second-order valence-electron chi connectivity index (χ2n) is 3.89. The van der Waals surface area contributed by atoms with Gasteiger partial charge in [0.05, 0.1) is 11.4 Å². The Morgan fingerprint density at radius 1 is 1.28 bits per heavy atom. The van der Waals surface area contributed by atoms with Crippen molar-refractivity contribution in [2.45, 2.75) is 13.0 Å². The minimum absolute atomic E-state index is 0.567. The number of ether oxygens (including phenoxy) is 1. The first-order chi connectivity index (χ1) is 8.52. The van der Waals surface area contributed by atoms with Crippen LogP contribution in [0.2, 0.25) is 9.36 Å². The van der Waals surface area contributed by atoms with Crippen LogP contribution >= 0.6 is 34.5 Å². The fourth-order valence-electron chi connectivity index (χ4n) is 1.68. The molecule has 1 heterocycles. The average Bonchev–Trinajstić information content (AvgIpc) is 2.68. The summed E-state index contributed by atoms with van der Waals surface area (Å²) >= 11 is 13.3. The number of aliphatic hydroxyl groups excluding tert-OH is 1. The summed E-state index contributed by atoms with van der Waals surface area (Å²) in [5.74, 6) is 0.567. The number of hydrogen-bond acceptors (Lipinski definition) is 3. The molecule has 0 bridgehead atoms. The highest BCUT2D eigenvalue weighted by molar-refractivity contribution is 7.16. The molecule has 2 rings (SSSR count). The van der Waals surface area contributed by atoms with Gasteiger partial charge >= 0.3 is 0 Å². The van der Waals surface area contributed by atoms with Gasteiger partial charge in [0.25, 0.3) is 0 Å². The number of halogens is 2. The molecule has 1 aromatic carbocycles. The lowest BCUT2D eigenvalue weighted by atomic mass is 10.1. The Morgan fingerprint density at radius 2 is 2.00 bits per heavy atom. The Balaban J connectivity index is 2.42. The van der Waals surface area contributed by atoms with Crippen LogP contribution in [0.3, 0.4) is 0 Å². The molecule has 1 N–H and O–H groups in total. The molecule has 5 heteroatoms. The van der Waals surface area contributed by atoms with E-state index in [2.05, 4.69) is 0 Å². The van der Waals surface area contributed by atoms with Crippen molar-refractivity contribution in [2.75, 3.05) is 7.11 Å². The highest BCUT2D eigenvalue weighted by Gasteiger charge is 2.18. The third-order valence-electron chi connectivity index (χ3n) is 2.64. The molecule has 2 nitrogen and oxygen atoms in total. The molecule has 0 aliphatic carbocycles. The molecule has 18 heavy (non-hydrogen) atoms. The molecular weight excluding hydrogens is 291 g/mol. The molecule has 0 amide bonds. The lowest BCUT2D eigenvalue weighted by Gasteiger charge is -2.13. The van der Waals surface area contributed by atoms with Gasteiger partial charge < -0.3 is 9.84 Å². The fourth-order valence-corrected chi connectivity index (χ4v) is 3.07. The number of aryl methyl sites for hydroxylation is 1. The van der Waals surface area contributed by atoms with Gasteiger partial charge in [0.1, 0.15) is 11.9 Å². The van der Waals surface area contributed by atoms with E-state index in [0.717, 1.165) is 10.4 Å². The average molecular weight is 303 g/mol. The first kappa shape index (κ1) is 13.7. The lowest BCUT2D eigenvalue weighted by Crippen LogP contribution is -2.00. The molecular formula is C13H12Cl2O2S. The topological polar surface area (TPSA) is 29.5 Å². The van der Waals surface area contributed by atoms with Gasteiger partial charge in [0.2, 0.25) is 0 Å². The highest BCUT2D eigenvalue weighted by atomic mass is 35.5. The minimum atomic E-state index is -0.756. The maximum atomic E-state index is 10.4. The second kappa shape index (κ2) is 5.49. The summed E-state index contributed by atoms with van der Waals surface area (Å²) in [5.41, 5.74) is 1.64. The summed E-state index contributed by atoms with van der Waals surface area (Å²) in [6.45, 7) is 1.91. The monoisotopic (exact) mass is 302 g/mol. The van der Waals surface area contributed by atoms with Gasteiger partial charge in [-0.2, -0.15) is 0 Å². The van der Waals surface area contributed by atoms with Crippen molar-refractivity contribution in [3.05, 3.63) is 49.6 Å². The van der Waals surface area contributed by atoms with Crippen LogP contribution in [0, 0.1) is 6.92 Å². The predicted octanol–water partition coefficient (Wildman–Crippen LogP) is 4.45. The molecule has 0 aliphatic heterocycles. The molecule has 1 unspecified atom stereocenters. The Kier molecular flexibility index (Phi) is 4.17. The fraction of sp³-hybridized carbons (Fsp3) is 0.231. The van der Waals surface area contributed by atoms with Crippen LogP contribution in [0.4, 0.5) is 0 Å². The van der Waals surface area contributed by atoms with Crippen LogP contribution in [-0.2, 0) is 0 Å². The molecule has 0 aliphatic rings. The zero-order chi connectivity index (χ0) is 13.3. The van der Waals surface area contributed by atoms with Crippen molar-refractivity contribution in [3.8, 4) is 5.75 Å². The van der Waals surface area contributed by atoms with Crippen molar-refractivity contribution in [1.29, 1.82) is 0 Å². The van der Waals surface area contributed by atoms with Crippen LogP contribution in [0.1, 0.15) is 22.1 Å². The Hall–Kier alpha value is -0.740. The highest BCUT2D eigenvalue weighted by Crippen LogP contribution is 2.37. The van der Waals surface area contributed by atoms with Gasteiger partial charge in [-0.25, -0.2) is 0 Å². The number of thiophene rings is 1. The summed E-state index contributed by atoms with van der Waals surface area (Å²) in [4.78, 5) is 0.790. The van der Waals surface area contributed by atoms with Crippen molar-refractivity contribution < 1.29 is 9.84 Å². The number of aliphatic hydroxyl groups is 1. The second-order valence-corrected chi connectivity index (χ2v) is 6.02. The largest absolute Gasteiger partial charge is 0.496 e. The van der Waals surface area contributed by atoms with Crippen molar-refractivity contribution in [1.82, 2.24) is 0 Å². The Labute approximate surface area is 120 Å². The van der Waals surface area contributed by atoms with E-state index >= 15 is 0 Å². The smallest absolute Gasteiger partial charge is 0.126 e. The summed E-state index contributed by atoms with van der Waals surface area (Å²) in [6, 6.07) is 7.05. The van der Waals surface area contributed by atoms with Crippen LogP contribution in [0.5, 0.6) is 5.75 Å². The van der Waals surface area contributed by atoms with Crippen LogP contribution < -0.4 is 4.74 Å². The van der Waals surface area contributed by atoms with Gasteiger partial charge in [-0.05, 0) is 30.7 Å². The Bertz CT molecular complexity index is 547. The van der Waals surface area contributed by atoms with E-state index in [1.54, 1.807) is 25.3 Å². The first-order valence-electron chi connectivity index (χ1n) is 5.30. The molecule has 0 fully saturated rings. The van der Waals surface area contributed by atoms with E-state index in [4.69, 9.17) is 27.9 Å². The molecule has 0 saturated carbocycles. The number of benzene rings is 1. The standard InChI is InChI=1S/C13H12Cl2O2S/c1-7-5-11(18-13(7)15)12(16)9-4-3-8(14)6-10(9)17-2/h3-6,12,16H,1-2H3. The summed E-state index contributed by atoms with van der Waals surface area (Å²) < 4.78 is 5.92. The van der Waals surface area contributed by atoms with E-state index in [1.165, 1.54) is 11.3 Å². The van der Waals surface area contributed by atoms with Crippen molar-refractivity contribution in [2.24, 2.45) is 0 Å². The van der Waals surface area contributed by atoms with E-state index in [1.807, 2.05) is 13.0 Å². The zero-order valence-electron chi connectivity index (χ0n) is 9.91. The third-order valence-corrected chi connectivity index (χ3v) is 4.48. The summed E-state index contributed by atoms with van der Waals surface area (Å²) in [5, 5.41) is 10.9. The number of hydrogen-bond donors (Lipinski definition) is 1. The third kappa shape index (κ3) is 2.64. The molecule has 96 valence electrons. The summed E-state index contributed by atoms with van der Waals surface area (Å²) in [7, 11) is 1.55. The Morgan fingerprint density at radius 3 is 2.56 bits per heavy atom. The van der Waals surface area contributed by atoms with Crippen molar-refractivity contribution in [3.63, 3.8) is 0 Å². The van der Waals surface area contributed by atoms with Crippen LogP contribution in [0.25, 0.3) is 0 Å². The van der Waals surface area contributed by atoms with Gasteiger partial charge in [-0.3, -0.25) is 0 Å². The maximum Gasteiger partial charge on any atom is 0.126 e. The van der Waals surface area contributed by atoms with Gasteiger partial charge in [-0.15, -0.1) is 11.3 Å². The van der Waals surface area contributed by atoms with E-state index in [-0.39, 0.29) is 0 Å². The van der Waals surface area contributed by atoms with Crippen molar-refractivity contribution >= 4 is 34.5 Å². The zero-order valence-corrected chi connectivity index (χ0v) is 12.2. The maximum absolute atomic E-state index is 10.4. The molecule has 0 radical (unpaired) electrons. The lowest BCUT2D eigenvalue weighted by molar-refractivity contribution is 0.218. The van der Waals surface area contributed by atoms with E-state index in [9.17, 15) is 5.11 Å². The van der Waals surface area contributed by atoms with Crippen LogP contribution in [0.15, 0.2) is 24.3 Å². The van der Waals surface area contributed by atoms with Gasteiger partial charge in [0, 0.05) is 15.5 Å². The van der Waals surface area contributed by atoms with Crippen LogP contribution in [-0.4, -0.2) is 12.2 Å². The molecule has 0 spiro atoms. The SMILES string of the molecule is COc1cc(Cl)ccc1C(O)c1cc(C)c(Cl)s1. The molecule has 2 aromatic rings. The minimum Gasteiger partial charge on any atom is -0.496 e. The quantitative estimate of drug-likeness (QED) is 0.907. The van der Waals surface area contributed by atoms with E-state index < -0.39 is 6.10 Å². The number of rotatable bonds is 3. The van der Waals surface area contributed by atoms with Gasteiger partial charge in [0.15, 0.2) is 0 Å². The predicted molar refractivity (Wildman–Crippen MR) is 76.1 cm³/mol. The molecule has 1 aromatic heterocycles. The normalized spacial score (nSPS) is 12.5. The molecule has 1 atom stereocenters. The molecule has 0 saturated heterocycles. The van der Waals surface area contributed by atoms with E-state index in [0.29, 0.717) is 20.7 Å².